The van der Waals surface area contributed by atoms with Gasteiger partial charge in [0, 0.05) is 25.1 Å². The van der Waals surface area contributed by atoms with Crippen LogP contribution in [0.3, 0.4) is 0 Å². The van der Waals surface area contributed by atoms with Crippen LogP contribution in [-0.4, -0.2) is 40.8 Å². The molecule has 2 aromatic rings. The molecule has 1 atom stereocenters. The Morgan fingerprint density at radius 1 is 1.46 bits per heavy atom. The first kappa shape index (κ1) is 15.8. The second-order valence-electron chi connectivity index (χ2n) is 6.74. The van der Waals surface area contributed by atoms with Crippen molar-refractivity contribution in [3.05, 3.63) is 39.8 Å². The second kappa shape index (κ2) is 6.69. The Morgan fingerprint density at radius 3 is 3.04 bits per heavy atom. The molecule has 1 amide bonds. The Morgan fingerprint density at radius 2 is 2.33 bits per heavy atom. The summed E-state index contributed by atoms with van der Waals surface area (Å²) in [4.78, 5) is 16.0. The zero-order chi connectivity index (χ0) is 16.5. The van der Waals surface area contributed by atoms with Gasteiger partial charge in [-0.2, -0.15) is 5.10 Å². The third kappa shape index (κ3) is 3.13. The van der Waals surface area contributed by atoms with E-state index in [2.05, 4.69) is 9.78 Å². The number of hydrogen-bond donors (Lipinski definition) is 0. The van der Waals surface area contributed by atoms with Crippen molar-refractivity contribution >= 4 is 17.2 Å². The van der Waals surface area contributed by atoms with E-state index in [1.54, 1.807) is 18.4 Å². The van der Waals surface area contributed by atoms with Gasteiger partial charge in [-0.3, -0.25) is 9.48 Å². The fourth-order valence-corrected chi connectivity index (χ4v) is 4.23. The highest BCUT2D eigenvalue weighted by Gasteiger charge is 2.35. The predicted molar refractivity (Wildman–Crippen MR) is 93.0 cm³/mol. The van der Waals surface area contributed by atoms with E-state index < -0.39 is 0 Å². The van der Waals surface area contributed by atoms with Crippen molar-refractivity contribution in [3.63, 3.8) is 0 Å². The Labute approximate surface area is 146 Å². The summed E-state index contributed by atoms with van der Waals surface area (Å²) < 4.78 is 7.59. The quantitative estimate of drug-likeness (QED) is 0.809. The van der Waals surface area contributed by atoms with E-state index >= 15 is 0 Å². The lowest BCUT2D eigenvalue weighted by atomic mass is 9.99. The Balaban J connectivity index is 1.58. The summed E-state index contributed by atoms with van der Waals surface area (Å²) >= 11 is 1.64. The van der Waals surface area contributed by atoms with Crippen LogP contribution in [-0.2, 0) is 28.9 Å². The molecule has 4 rings (SSSR count). The number of carbonyl (C=O) groups excluding carboxylic acids is 1. The van der Waals surface area contributed by atoms with Gasteiger partial charge >= 0.3 is 0 Å². The van der Waals surface area contributed by atoms with Gasteiger partial charge < -0.3 is 9.64 Å². The number of carbonyl (C=O) groups is 1. The molecule has 2 aromatic heterocycles. The van der Waals surface area contributed by atoms with Crippen molar-refractivity contribution in [3.8, 4) is 0 Å². The zero-order valence-electron chi connectivity index (χ0n) is 14.0. The molecule has 0 saturated heterocycles. The lowest BCUT2D eigenvalue weighted by Crippen LogP contribution is -2.43. The van der Waals surface area contributed by atoms with E-state index in [4.69, 9.17) is 4.74 Å². The minimum absolute atomic E-state index is 0.0209. The van der Waals surface area contributed by atoms with Crippen molar-refractivity contribution in [2.45, 2.75) is 38.3 Å². The first-order chi connectivity index (χ1) is 11.8. The average Bonchev–Trinajstić information content (AvgIpc) is 3.06. The number of nitrogens with zero attached hydrogens (tertiary/aromatic N) is 3. The van der Waals surface area contributed by atoms with Gasteiger partial charge in [0.2, 0.25) is 5.91 Å². The largest absolute Gasteiger partial charge is 0.382 e. The van der Waals surface area contributed by atoms with Gasteiger partial charge in [0.1, 0.15) is 0 Å². The van der Waals surface area contributed by atoms with Crippen molar-refractivity contribution in [1.29, 1.82) is 0 Å². The first-order valence-electron chi connectivity index (χ1n) is 8.61. The fourth-order valence-electron chi connectivity index (χ4n) is 3.54. The molecule has 1 fully saturated rings. The number of fused-ring (bicyclic) bond motifs is 1. The molecule has 5 nitrogen and oxygen atoms in total. The van der Waals surface area contributed by atoms with E-state index in [9.17, 15) is 4.79 Å². The van der Waals surface area contributed by atoms with Crippen LogP contribution >= 0.6 is 11.3 Å². The number of aromatic nitrogens is 2. The maximum absolute atomic E-state index is 12.9. The maximum atomic E-state index is 12.9. The minimum atomic E-state index is -0.0209. The topological polar surface area (TPSA) is 47.4 Å². The van der Waals surface area contributed by atoms with Crippen molar-refractivity contribution in [2.24, 2.45) is 5.92 Å². The molecule has 0 unspecified atom stereocenters. The standard InChI is InChI=1S/C18H23N3O2S/c1-23-12-16-18-14(10-19-21(18)11-13-4-5-13)6-7-20(16)17(22)9-15-3-2-8-24-15/h2-3,8,10,13,16H,4-7,9,11-12H2,1H3/t16-/m1/s1. The second-order valence-corrected chi connectivity index (χ2v) is 7.78. The summed E-state index contributed by atoms with van der Waals surface area (Å²) in [6, 6.07) is 4.01. The van der Waals surface area contributed by atoms with Gasteiger partial charge in [-0.15, -0.1) is 11.3 Å². The molecule has 0 bridgehead atoms. The SMILES string of the molecule is COC[C@@H]1c2c(cnn2CC2CC2)CCN1C(=O)Cc1cccs1. The predicted octanol–water partition coefficient (Wildman–Crippen LogP) is 2.67. The molecule has 2 aliphatic rings. The van der Waals surface area contributed by atoms with E-state index in [-0.39, 0.29) is 11.9 Å². The summed E-state index contributed by atoms with van der Waals surface area (Å²) in [5.74, 6) is 0.943. The Kier molecular flexibility index (Phi) is 4.41. The number of hydrogen-bond acceptors (Lipinski definition) is 4. The third-order valence-corrected chi connectivity index (χ3v) is 5.83. The van der Waals surface area contributed by atoms with Gasteiger partial charge in [0.15, 0.2) is 0 Å². The Bertz CT molecular complexity index is 706. The lowest BCUT2D eigenvalue weighted by Gasteiger charge is -2.36. The van der Waals surface area contributed by atoms with Crippen LogP contribution in [0.5, 0.6) is 0 Å². The van der Waals surface area contributed by atoms with Gasteiger partial charge in [-0.1, -0.05) is 6.07 Å². The van der Waals surface area contributed by atoms with Crippen LogP contribution in [0.4, 0.5) is 0 Å². The summed E-state index contributed by atoms with van der Waals surface area (Å²) in [6.07, 6.45) is 5.94. The van der Waals surface area contributed by atoms with Crippen molar-refractivity contribution in [2.75, 3.05) is 20.3 Å². The molecular weight excluding hydrogens is 322 g/mol. The molecule has 1 aliphatic carbocycles. The van der Waals surface area contributed by atoms with Crippen LogP contribution in [0.2, 0.25) is 0 Å². The van der Waals surface area contributed by atoms with Crippen LogP contribution in [0, 0.1) is 5.92 Å². The van der Waals surface area contributed by atoms with E-state index in [0.717, 1.165) is 30.3 Å². The first-order valence-corrected chi connectivity index (χ1v) is 9.49. The Hall–Kier alpha value is -1.66. The van der Waals surface area contributed by atoms with Gasteiger partial charge in [0.05, 0.1) is 31.0 Å². The summed E-state index contributed by atoms with van der Waals surface area (Å²) in [7, 11) is 1.71. The zero-order valence-corrected chi connectivity index (χ0v) is 14.8. The monoisotopic (exact) mass is 345 g/mol. The molecule has 0 radical (unpaired) electrons. The van der Waals surface area contributed by atoms with Crippen LogP contribution in [0.1, 0.15) is 35.0 Å². The average molecular weight is 345 g/mol. The molecule has 24 heavy (non-hydrogen) atoms. The summed E-state index contributed by atoms with van der Waals surface area (Å²) in [5.41, 5.74) is 2.47. The molecule has 6 heteroatoms. The molecule has 0 aromatic carbocycles. The maximum Gasteiger partial charge on any atom is 0.228 e. The van der Waals surface area contributed by atoms with Gasteiger partial charge in [-0.05, 0) is 42.2 Å². The fraction of sp³-hybridized carbons (Fsp3) is 0.556. The number of ether oxygens (including phenoxy) is 1. The van der Waals surface area contributed by atoms with E-state index in [1.807, 2.05) is 28.6 Å². The molecule has 1 aliphatic heterocycles. The molecule has 128 valence electrons. The molecule has 3 heterocycles. The number of amides is 1. The van der Waals surface area contributed by atoms with Crippen molar-refractivity contribution in [1.82, 2.24) is 14.7 Å². The van der Waals surface area contributed by atoms with Crippen LogP contribution < -0.4 is 0 Å². The minimum Gasteiger partial charge on any atom is -0.382 e. The van der Waals surface area contributed by atoms with Gasteiger partial charge in [-0.25, -0.2) is 0 Å². The summed E-state index contributed by atoms with van der Waals surface area (Å²) in [6.45, 7) is 2.25. The smallest absolute Gasteiger partial charge is 0.228 e. The lowest BCUT2D eigenvalue weighted by molar-refractivity contribution is -0.134. The highest BCUT2D eigenvalue weighted by Crippen LogP contribution is 2.35. The highest BCUT2D eigenvalue weighted by atomic mass is 32.1. The number of rotatable bonds is 6. The summed E-state index contributed by atoms with van der Waals surface area (Å²) in [5, 5.41) is 6.63. The molecular formula is C18H23N3O2S. The van der Waals surface area contributed by atoms with Crippen molar-refractivity contribution < 1.29 is 9.53 Å². The van der Waals surface area contributed by atoms with E-state index in [1.165, 1.54) is 24.1 Å². The van der Waals surface area contributed by atoms with Crippen LogP contribution in [0.25, 0.3) is 0 Å². The van der Waals surface area contributed by atoms with E-state index in [0.29, 0.717) is 13.0 Å². The molecule has 0 N–H and O–H groups in total. The van der Waals surface area contributed by atoms with Crippen LogP contribution in [0.15, 0.2) is 23.7 Å². The highest BCUT2D eigenvalue weighted by molar-refractivity contribution is 7.10. The molecule has 1 saturated carbocycles. The van der Waals surface area contributed by atoms with Gasteiger partial charge in [0.25, 0.3) is 0 Å². The number of thiophene rings is 1. The normalized spacial score (nSPS) is 20.2. The number of methoxy groups -OCH3 is 1. The molecule has 0 spiro atoms. The third-order valence-electron chi connectivity index (χ3n) is 4.95.